The van der Waals surface area contributed by atoms with Gasteiger partial charge in [-0.05, 0) is 31.7 Å². The molecule has 0 spiro atoms. The Morgan fingerprint density at radius 1 is 1.29 bits per heavy atom. The summed E-state index contributed by atoms with van der Waals surface area (Å²) in [7, 11) is 0. The fourth-order valence-electron chi connectivity index (χ4n) is 1.70. The van der Waals surface area contributed by atoms with Crippen molar-refractivity contribution in [1.29, 1.82) is 0 Å². The Morgan fingerprint density at radius 2 is 2.00 bits per heavy atom. The van der Waals surface area contributed by atoms with Gasteiger partial charge in [0, 0.05) is 11.8 Å². The highest BCUT2D eigenvalue weighted by atomic mass is 16.5. The number of rotatable bonds is 5. The van der Waals surface area contributed by atoms with Crippen molar-refractivity contribution in [3.05, 3.63) is 23.9 Å². The van der Waals surface area contributed by atoms with Crippen LogP contribution in [0.1, 0.15) is 45.1 Å². The smallest absolute Gasteiger partial charge is 0.216 e. The van der Waals surface area contributed by atoms with E-state index in [9.17, 15) is 0 Å². The van der Waals surface area contributed by atoms with E-state index in [1.54, 1.807) is 6.20 Å². The van der Waals surface area contributed by atoms with Crippen LogP contribution in [0.5, 0.6) is 5.88 Å². The number of aromatic nitrogens is 1. The van der Waals surface area contributed by atoms with Gasteiger partial charge in [0.15, 0.2) is 0 Å². The number of nitrogens with zero attached hydrogens (tertiary/aromatic N) is 1. The number of hydrogen-bond acceptors (Lipinski definition) is 2. The average Bonchev–Trinajstić information content (AvgIpc) is 2.23. The fourth-order valence-corrected chi connectivity index (χ4v) is 1.70. The van der Waals surface area contributed by atoms with Crippen LogP contribution in [0.15, 0.2) is 18.3 Å². The maximum atomic E-state index is 5.51. The van der Waals surface area contributed by atoms with Gasteiger partial charge in [-0.2, -0.15) is 0 Å². The molecule has 0 saturated heterocycles. The fraction of sp³-hybridized carbons (Fsp3) is 0.583. The third kappa shape index (κ3) is 2.47. The second kappa shape index (κ2) is 5.63. The standard InChI is InChI=1S/C12H19NO/c1-4-10(5-2)11-8-7-9-13-12(11)14-6-3/h7-10H,4-6H2,1-3H3. The summed E-state index contributed by atoms with van der Waals surface area (Å²) in [5.41, 5.74) is 1.25. The summed E-state index contributed by atoms with van der Waals surface area (Å²) >= 11 is 0. The molecule has 78 valence electrons. The molecule has 1 aromatic heterocycles. The molecule has 0 radical (unpaired) electrons. The van der Waals surface area contributed by atoms with Crippen LogP contribution in [-0.4, -0.2) is 11.6 Å². The molecular weight excluding hydrogens is 174 g/mol. The van der Waals surface area contributed by atoms with Crippen LogP contribution in [0.3, 0.4) is 0 Å². The van der Waals surface area contributed by atoms with Gasteiger partial charge in [0.2, 0.25) is 5.88 Å². The van der Waals surface area contributed by atoms with Crippen LogP contribution < -0.4 is 4.74 Å². The summed E-state index contributed by atoms with van der Waals surface area (Å²) in [5, 5.41) is 0. The molecular formula is C12H19NO. The minimum atomic E-state index is 0.574. The summed E-state index contributed by atoms with van der Waals surface area (Å²) in [5.74, 6) is 1.38. The molecule has 0 aliphatic heterocycles. The van der Waals surface area contributed by atoms with E-state index in [-0.39, 0.29) is 0 Å². The lowest BCUT2D eigenvalue weighted by atomic mass is 9.95. The summed E-state index contributed by atoms with van der Waals surface area (Å²) in [6.07, 6.45) is 4.07. The predicted molar refractivity (Wildman–Crippen MR) is 58.7 cm³/mol. The minimum Gasteiger partial charge on any atom is -0.478 e. The van der Waals surface area contributed by atoms with Gasteiger partial charge in [-0.25, -0.2) is 4.98 Å². The van der Waals surface area contributed by atoms with Gasteiger partial charge in [0.1, 0.15) is 0 Å². The van der Waals surface area contributed by atoms with E-state index in [0.29, 0.717) is 12.5 Å². The SMILES string of the molecule is CCOc1ncccc1C(CC)CC. The van der Waals surface area contributed by atoms with Crippen molar-refractivity contribution in [3.8, 4) is 5.88 Å². The van der Waals surface area contributed by atoms with Crippen molar-refractivity contribution < 1.29 is 4.74 Å². The first-order chi connectivity index (χ1) is 6.83. The van der Waals surface area contributed by atoms with E-state index in [1.165, 1.54) is 5.56 Å². The van der Waals surface area contributed by atoms with E-state index >= 15 is 0 Å². The molecule has 0 atom stereocenters. The number of hydrogen-bond donors (Lipinski definition) is 0. The predicted octanol–water partition coefficient (Wildman–Crippen LogP) is 3.38. The van der Waals surface area contributed by atoms with Crippen molar-refractivity contribution in [2.75, 3.05) is 6.61 Å². The molecule has 0 aliphatic carbocycles. The van der Waals surface area contributed by atoms with Gasteiger partial charge in [-0.3, -0.25) is 0 Å². The van der Waals surface area contributed by atoms with Crippen LogP contribution >= 0.6 is 0 Å². The second-order valence-corrected chi connectivity index (χ2v) is 3.34. The highest BCUT2D eigenvalue weighted by molar-refractivity contribution is 5.29. The molecule has 1 aromatic rings. The summed E-state index contributed by atoms with van der Waals surface area (Å²) in [6, 6.07) is 4.10. The van der Waals surface area contributed by atoms with Gasteiger partial charge >= 0.3 is 0 Å². The number of pyridine rings is 1. The van der Waals surface area contributed by atoms with Crippen LogP contribution in [0.25, 0.3) is 0 Å². The van der Waals surface area contributed by atoms with Crippen LogP contribution in [0.2, 0.25) is 0 Å². The first-order valence-corrected chi connectivity index (χ1v) is 5.41. The van der Waals surface area contributed by atoms with Crippen molar-refractivity contribution >= 4 is 0 Å². The van der Waals surface area contributed by atoms with Crippen molar-refractivity contribution in [2.45, 2.75) is 39.5 Å². The summed E-state index contributed by atoms with van der Waals surface area (Å²) in [4.78, 5) is 4.26. The quantitative estimate of drug-likeness (QED) is 0.715. The first-order valence-electron chi connectivity index (χ1n) is 5.41. The molecule has 0 N–H and O–H groups in total. The molecule has 0 saturated carbocycles. The van der Waals surface area contributed by atoms with Gasteiger partial charge in [-0.15, -0.1) is 0 Å². The van der Waals surface area contributed by atoms with E-state index in [1.807, 2.05) is 13.0 Å². The van der Waals surface area contributed by atoms with Crippen molar-refractivity contribution in [3.63, 3.8) is 0 Å². The minimum absolute atomic E-state index is 0.574. The molecule has 2 nitrogen and oxygen atoms in total. The Kier molecular flexibility index (Phi) is 4.44. The first kappa shape index (κ1) is 11.0. The molecule has 0 aromatic carbocycles. The zero-order chi connectivity index (χ0) is 10.4. The Balaban J connectivity index is 2.92. The van der Waals surface area contributed by atoms with Gasteiger partial charge in [-0.1, -0.05) is 19.9 Å². The molecule has 0 unspecified atom stereocenters. The average molecular weight is 193 g/mol. The Hall–Kier alpha value is -1.05. The molecule has 1 heterocycles. The summed E-state index contributed by atoms with van der Waals surface area (Å²) in [6.45, 7) is 7.09. The Labute approximate surface area is 86.3 Å². The third-order valence-electron chi connectivity index (χ3n) is 2.51. The Morgan fingerprint density at radius 3 is 2.57 bits per heavy atom. The van der Waals surface area contributed by atoms with E-state index in [2.05, 4.69) is 24.9 Å². The zero-order valence-electron chi connectivity index (χ0n) is 9.29. The number of ether oxygens (including phenoxy) is 1. The molecule has 0 bridgehead atoms. The topological polar surface area (TPSA) is 22.1 Å². The van der Waals surface area contributed by atoms with Crippen LogP contribution in [0, 0.1) is 0 Å². The lowest BCUT2D eigenvalue weighted by Crippen LogP contribution is -2.03. The van der Waals surface area contributed by atoms with Crippen LogP contribution in [0.4, 0.5) is 0 Å². The second-order valence-electron chi connectivity index (χ2n) is 3.34. The third-order valence-corrected chi connectivity index (χ3v) is 2.51. The van der Waals surface area contributed by atoms with Crippen molar-refractivity contribution in [1.82, 2.24) is 4.98 Å². The van der Waals surface area contributed by atoms with Crippen molar-refractivity contribution in [2.24, 2.45) is 0 Å². The Bertz CT molecular complexity index is 269. The zero-order valence-corrected chi connectivity index (χ0v) is 9.29. The van der Waals surface area contributed by atoms with E-state index in [4.69, 9.17) is 4.74 Å². The van der Waals surface area contributed by atoms with Crippen LogP contribution in [-0.2, 0) is 0 Å². The largest absolute Gasteiger partial charge is 0.478 e. The maximum Gasteiger partial charge on any atom is 0.216 e. The van der Waals surface area contributed by atoms with Gasteiger partial charge in [0.05, 0.1) is 6.61 Å². The molecule has 0 amide bonds. The molecule has 2 heteroatoms. The highest BCUT2D eigenvalue weighted by Crippen LogP contribution is 2.29. The molecule has 1 rings (SSSR count). The normalized spacial score (nSPS) is 10.6. The van der Waals surface area contributed by atoms with E-state index < -0.39 is 0 Å². The van der Waals surface area contributed by atoms with Gasteiger partial charge < -0.3 is 4.74 Å². The van der Waals surface area contributed by atoms with E-state index in [0.717, 1.165) is 18.7 Å². The summed E-state index contributed by atoms with van der Waals surface area (Å²) < 4.78 is 5.51. The lowest BCUT2D eigenvalue weighted by Gasteiger charge is -2.15. The lowest BCUT2D eigenvalue weighted by molar-refractivity contribution is 0.319. The highest BCUT2D eigenvalue weighted by Gasteiger charge is 2.12. The maximum absolute atomic E-state index is 5.51. The van der Waals surface area contributed by atoms with Gasteiger partial charge in [0.25, 0.3) is 0 Å². The monoisotopic (exact) mass is 193 g/mol. The molecule has 14 heavy (non-hydrogen) atoms. The molecule has 0 fully saturated rings. The molecule has 0 aliphatic rings.